The second-order valence-electron chi connectivity index (χ2n) is 6.98. The van der Waals surface area contributed by atoms with Gasteiger partial charge in [0.2, 0.25) is 0 Å². The molecule has 1 nitrogen and oxygen atoms in total. The topological polar surface area (TPSA) is 12.0 Å². The van der Waals surface area contributed by atoms with E-state index in [2.05, 4.69) is 49.5 Å². The summed E-state index contributed by atoms with van der Waals surface area (Å²) in [6.07, 6.45) is 6.00. The Kier molecular flexibility index (Phi) is 3.93. The number of benzene rings is 1. The third kappa shape index (κ3) is 2.86. The van der Waals surface area contributed by atoms with Gasteiger partial charge in [-0.2, -0.15) is 0 Å². The van der Waals surface area contributed by atoms with Crippen LogP contribution in [0.5, 0.6) is 0 Å². The van der Waals surface area contributed by atoms with Gasteiger partial charge in [-0.15, -0.1) is 0 Å². The first-order valence-corrected chi connectivity index (χ1v) is 8.02. The summed E-state index contributed by atoms with van der Waals surface area (Å²) in [6, 6.07) is 11.5. The van der Waals surface area contributed by atoms with Gasteiger partial charge in [0.25, 0.3) is 0 Å². The van der Waals surface area contributed by atoms with Crippen LogP contribution in [0.25, 0.3) is 0 Å². The van der Waals surface area contributed by atoms with Crippen LogP contribution in [0.3, 0.4) is 0 Å². The van der Waals surface area contributed by atoms with E-state index in [1.165, 1.54) is 37.8 Å². The van der Waals surface area contributed by atoms with Gasteiger partial charge in [-0.1, -0.05) is 50.6 Å². The molecule has 1 aromatic carbocycles. The van der Waals surface area contributed by atoms with E-state index in [0.29, 0.717) is 12.0 Å². The maximum Gasteiger partial charge on any atom is 0.0343 e. The van der Waals surface area contributed by atoms with E-state index < -0.39 is 0 Å². The predicted molar refractivity (Wildman–Crippen MR) is 81.0 cm³/mol. The SMILES string of the molecule is CC(C)C(NCC1CC2CCC1C2)c1ccccc1. The maximum absolute atomic E-state index is 3.86. The molecule has 2 fully saturated rings. The molecule has 2 aliphatic rings. The molecule has 4 unspecified atom stereocenters. The molecule has 0 radical (unpaired) electrons. The van der Waals surface area contributed by atoms with Crippen molar-refractivity contribution < 1.29 is 0 Å². The molecule has 1 heteroatoms. The van der Waals surface area contributed by atoms with E-state index in [1.54, 1.807) is 0 Å². The summed E-state index contributed by atoms with van der Waals surface area (Å²) >= 11 is 0. The number of hydrogen-bond donors (Lipinski definition) is 1. The zero-order valence-electron chi connectivity index (χ0n) is 12.3. The number of nitrogens with one attached hydrogen (secondary N) is 1. The Balaban J connectivity index is 1.60. The molecule has 19 heavy (non-hydrogen) atoms. The van der Waals surface area contributed by atoms with E-state index in [1.807, 2.05) is 0 Å². The minimum absolute atomic E-state index is 0.514. The van der Waals surface area contributed by atoms with Crippen molar-refractivity contribution in [3.8, 4) is 0 Å². The lowest BCUT2D eigenvalue weighted by Crippen LogP contribution is -2.32. The zero-order chi connectivity index (χ0) is 13.2. The Morgan fingerprint density at radius 2 is 1.89 bits per heavy atom. The molecule has 1 N–H and O–H groups in total. The summed E-state index contributed by atoms with van der Waals surface area (Å²) in [5.41, 5.74) is 1.45. The average molecular weight is 257 g/mol. The van der Waals surface area contributed by atoms with E-state index in [9.17, 15) is 0 Å². The Morgan fingerprint density at radius 3 is 2.47 bits per heavy atom. The molecule has 0 aliphatic heterocycles. The highest BCUT2D eigenvalue weighted by molar-refractivity contribution is 5.19. The van der Waals surface area contributed by atoms with Gasteiger partial charge in [0.05, 0.1) is 0 Å². The Labute approximate surface area is 117 Å². The van der Waals surface area contributed by atoms with Crippen molar-refractivity contribution in [1.82, 2.24) is 5.32 Å². The lowest BCUT2D eigenvalue weighted by Gasteiger charge is -2.28. The zero-order valence-corrected chi connectivity index (χ0v) is 12.3. The fraction of sp³-hybridized carbons (Fsp3) is 0.667. The lowest BCUT2D eigenvalue weighted by atomic mass is 9.88. The average Bonchev–Trinajstić information content (AvgIpc) is 3.02. The number of rotatable bonds is 5. The minimum Gasteiger partial charge on any atom is -0.309 e. The first-order valence-electron chi connectivity index (χ1n) is 8.02. The Morgan fingerprint density at radius 1 is 1.11 bits per heavy atom. The van der Waals surface area contributed by atoms with Crippen molar-refractivity contribution in [2.24, 2.45) is 23.7 Å². The smallest absolute Gasteiger partial charge is 0.0343 e. The van der Waals surface area contributed by atoms with Crippen molar-refractivity contribution in [3.05, 3.63) is 35.9 Å². The van der Waals surface area contributed by atoms with Gasteiger partial charge in [-0.3, -0.25) is 0 Å². The molecule has 0 heterocycles. The maximum atomic E-state index is 3.86. The standard InChI is InChI=1S/C18H27N/c1-13(2)18(15-6-4-3-5-7-15)19-12-17-11-14-8-9-16(17)10-14/h3-7,13-14,16-19H,8-12H2,1-2H3. The highest BCUT2D eigenvalue weighted by Crippen LogP contribution is 2.48. The Hall–Kier alpha value is -0.820. The second kappa shape index (κ2) is 5.66. The first-order chi connectivity index (χ1) is 9.24. The summed E-state index contributed by atoms with van der Waals surface area (Å²) < 4.78 is 0. The van der Waals surface area contributed by atoms with Gasteiger partial charge in [0.1, 0.15) is 0 Å². The highest BCUT2D eigenvalue weighted by Gasteiger charge is 2.39. The summed E-state index contributed by atoms with van der Waals surface area (Å²) in [6.45, 7) is 5.87. The van der Waals surface area contributed by atoms with Crippen LogP contribution in [-0.4, -0.2) is 6.54 Å². The van der Waals surface area contributed by atoms with Crippen molar-refractivity contribution in [1.29, 1.82) is 0 Å². The van der Waals surface area contributed by atoms with Crippen molar-refractivity contribution in [2.45, 2.75) is 45.6 Å². The van der Waals surface area contributed by atoms with Crippen LogP contribution in [0.4, 0.5) is 0 Å². The van der Waals surface area contributed by atoms with Crippen molar-refractivity contribution in [2.75, 3.05) is 6.54 Å². The molecule has 3 rings (SSSR count). The van der Waals surface area contributed by atoms with Gasteiger partial charge in [0.15, 0.2) is 0 Å². The third-order valence-electron chi connectivity index (χ3n) is 5.31. The van der Waals surface area contributed by atoms with E-state index in [0.717, 1.165) is 17.8 Å². The number of hydrogen-bond acceptors (Lipinski definition) is 1. The molecule has 0 spiro atoms. The quantitative estimate of drug-likeness (QED) is 0.824. The van der Waals surface area contributed by atoms with Gasteiger partial charge >= 0.3 is 0 Å². The van der Waals surface area contributed by atoms with E-state index >= 15 is 0 Å². The molecule has 0 amide bonds. The van der Waals surface area contributed by atoms with Crippen molar-refractivity contribution >= 4 is 0 Å². The molecule has 0 saturated heterocycles. The molecule has 104 valence electrons. The largest absolute Gasteiger partial charge is 0.309 e. The van der Waals surface area contributed by atoms with Crippen molar-refractivity contribution in [3.63, 3.8) is 0 Å². The summed E-state index contributed by atoms with van der Waals surface area (Å²) in [4.78, 5) is 0. The van der Waals surface area contributed by atoms with Crippen LogP contribution >= 0.6 is 0 Å². The summed E-state index contributed by atoms with van der Waals surface area (Å²) in [5.74, 6) is 3.69. The van der Waals surface area contributed by atoms with E-state index in [-0.39, 0.29) is 0 Å². The molecule has 2 saturated carbocycles. The molecule has 1 aromatic rings. The minimum atomic E-state index is 0.514. The van der Waals surface area contributed by atoms with Crippen LogP contribution in [0, 0.1) is 23.7 Å². The monoisotopic (exact) mass is 257 g/mol. The van der Waals surface area contributed by atoms with Gasteiger partial charge in [-0.05, 0) is 55.0 Å². The Bertz CT molecular complexity index is 397. The lowest BCUT2D eigenvalue weighted by molar-refractivity contribution is 0.289. The fourth-order valence-electron chi connectivity index (χ4n) is 4.30. The first kappa shape index (κ1) is 13.2. The molecule has 4 atom stereocenters. The molecular formula is C18H27N. The van der Waals surface area contributed by atoms with Gasteiger partial charge in [0, 0.05) is 6.04 Å². The molecule has 2 aliphatic carbocycles. The van der Waals surface area contributed by atoms with Crippen LogP contribution < -0.4 is 5.32 Å². The van der Waals surface area contributed by atoms with Crippen LogP contribution in [0.2, 0.25) is 0 Å². The third-order valence-corrected chi connectivity index (χ3v) is 5.31. The summed E-state index contributed by atoms with van der Waals surface area (Å²) in [7, 11) is 0. The van der Waals surface area contributed by atoms with Crippen LogP contribution in [0.1, 0.15) is 51.1 Å². The second-order valence-corrected chi connectivity index (χ2v) is 6.98. The molecule has 2 bridgehead atoms. The van der Waals surface area contributed by atoms with Crippen LogP contribution in [-0.2, 0) is 0 Å². The van der Waals surface area contributed by atoms with Gasteiger partial charge in [-0.25, -0.2) is 0 Å². The number of fused-ring (bicyclic) bond motifs is 2. The van der Waals surface area contributed by atoms with Gasteiger partial charge < -0.3 is 5.32 Å². The summed E-state index contributed by atoms with van der Waals surface area (Å²) in [5, 5.41) is 3.86. The van der Waals surface area contributed by atoms with E-state index in [4.69, 9.17) is 0 Å². The highest BCUT2D eigenvalue weighted by atomic mass is 14.9. The predicted octanol–water partition coefficient (Wildman–Crippen LogP) is 4.41. The normalized spacial score (nSPS) is 31.0. The molecular weight excluding hydrogens is 230 g/mol. The molecule has 0 aromatic heterocycles. The van der Waals surface area contributed by atoms with Crippen LogP contribution in [0.15, 0.2) is 30.3 Å². The fourth-order valence-corrected chi connectivity index (χ4v) is 4.30.